The maximum Gasteiger partial charge on any atom is 0.229 e. The number of nitrogens with one attached hydrogen (secondary N) is 3. The number of sulfonamides is 1. The van der Waals surface area contributed by atoms with Crippen LogP contribution >= 0.6 is 0 Å². The fraction of sp³-hybridized carbons (Fsp3) is 0.217. The van der Waals surface area contributed by atoms with Crippen molar-refractivity contribution >= 4 is 37.5 Å². The largest absolute Gasteiger partial charge is 0.492 e. The van der Waals surface area contributed by atoms with Crippen molar-refractivity contribution in [2.45, 2.75) is 12.6 Å². The van der Waals surface area contributed by atoms with Gasteiger partial charge >= 0.3 is 0 Å². The van der Waals surface area contributed by atoms with Gasteiger partial charge in [0.15, 0.2) is 0 Å². The zero-order chi connectivity index (χ0) is 22.1. The van der Waals surface area contributed by atoms with Gasteiger partial charge in [-0.3, -0.25) is 10.0 Å². The highest BCUT2D eigenvalue weighted by molar-refractivity contribution is 7.92. The van der Waals surface area contributed by atoms with Gasteiger partial charge in [-0.25, -0.2) is 8.42 Å². The van der Waals surface area contributed by atoms with Gasteiger partial charge < -0.3 is 14.8 Å². The second-order valence-corrected chi connectivity index (χ2v) is 9.43. The monoisotopic (exact) mass is 439 g/mol. The fourth-order valence-electron chi connectivity index (χ4n) is 3.57. The first-order valence-corrected chi connectivity index (χ1v) is 11.8. The quantitative estimate of drug-likeness (QED) is 0.248. The molecule has 31 heavy (non-hydrogen) atoms. The molecule has 0 aliphatic heterocycles. The van der Waals surface area contributed by atoms with E-state index in [9.17, 15) is 13.5 Å². The number of H-pyrrole nitrogens is 1. The summed E-state index contributed by atoms with van der Waals surface area (Å²) in [5, 5.41) is 16.1. The average molecular weight is 440 g/mol. The molecule has 0 spiro atoms. The molecule has 0 fully saturated rings. The average Bonchev–Trinajstić information content (AvgIpc) is 3.08. The number of rotatable bonds is 8. The Morgan fingerprint density at radius 3 is 2.45 bits per heavy atom. The zero-order valence-corrected chi connectivity index (χ0v) is 18.2. The lowest BCUT2D eigenvalue weighted by molar-refractivity contribution is 0.0169. The molecular formula is C23H25N3O4S. The minimum atomic E-state index is -3.34. The number of anilines is 1. The molecule has 0 unspecified atom stereocenters. The number of hydrogen-bond acceptors (Lipinski definition) is 5. The number of para-hydroxylation sites is 1. The Hall–Kier alpha value is -3.07. The molecule has 8 heteroatoms. The lowest BCUT2D eigenvalue weighted by atomic mass is 10.0. The fourth-order valence-corrected chi connectivity index (χ4v) is 4.13. The summed E-state index contributed by atoms with van der Waals surface area (Å²) in [5.74, 6) is 0.747. The molecule has 7 nitrogen and oxygen atoms in total. The van der Waals surface area contributed by atoms with Crippen molar-refractivity contribution in [2.75, 3.05) is 24.1 Å². The van der Waals surface area contributed by atoms with Crippen LogP contribution in [0.2, 0.25) is 0 Å². The van der Waals surface area contributed by atoms with E-state index in [2.05, 4.69) is 21.1 Å². The maximum atomic E-state index is 11.3. The van der Waals surface area contributed by atoms with E-state index in [0.29, 0.717) is 24.4 Å². The Balaban J connectivity index is 1.34. The number of ether oxygens (including phenoxy) is 1. The van der Waals surface area contributed by atoms with Gasteiger partial charge in [0, 0.05) is 34.6 Å². The van der Waals surface area contributed by atoms with Crippen LogP contribution in [-0.2, 0) is 15.7 Å². The first kappa shape index (κ1) is 21.2. The van der Waals surface area contributed by atoms with E-state index in [-0.39, 0.29) is 0 Å². The Morgan fingerprint density at radius 1 is 1.00 bits per heavy atom. The van der Waals surface area contributed by atoms with Crippen LogP contribution in [0.25, 0.3) is 21.8 Å². The number of benzene rings is 3. The lowest BCUT2D eigenvalue weighted by Crippen LogP contribution is -2.41. The number of fused-ring (bicyclic) bond motifs is 3. The van der Waals surface area contributed by atoms with E-state index in [1.807, 2.05) is 36.4 Å². The van der Waals surface area contributed by atoms with Crippen LogP contribution in [0.15, 0.2) is 66.7 Å². The predicted octanol–water partition coefficient (Wildman–Crippen LogP) is 3.53. The van der Waals surface area contributed by atoms with Crippen LogP contribution in [-0.4, -0.2) is 37.9 Å². The first-order chi connectivity index (χ1) is 14.7. The Kier molecular flexibility index (Phi) is 5.62. The van der Waals surface area contributed by atoms with Crippen molar-refractivity contribution in [3.8, 4) is 5.75 Å². The summed E-state index contributed by atoms with van der Waals surface area (Å²) in [7, 11) is -3.34. The predicted molar refractivity (Wildman–Crippen MR) is 124 cm³/mol. The summed E-state index contributed by atoms with van der Waals surface area (Å²) in [6.07, 6.45) is 1.09. The first-order valence-electron chi connectivity index (χ1n) is 9.90. The van der Waals surface area contributed by atoms with E-state index in [1.165, 1.54) is 5.39 Å². The van der Waals surface area contributed by atoms with Gasteiger partial charge in [-0.1, -0.05) is 30.3 Å². The normalized spacial score (nSPS) is 13.9. The second kappa shape index (κ2) is 8.22. The molecule has 1 heterocycles. The van der Waals surface area contributed by atoms with Crippen molar-refractivity contribution in [1.82, 2.24) is 10.3 Å². The van der Waals surface area contributed by atoms with Crippen LogP contribution in [0.4, 0.5) is 5.69 Å². The molecule has 4 rings (SSSR count). The summed E-state index contributed by atoms with van der Waals surface area (Å²) in [5.41, 5.74) is 1.88. The van der Waals surface area contributed by atoms with Crippen molar-refractivity contribution in [3.63, 3.8) is 0 Å². The van der Waals surface area contributed by atoms with Crippen molar-refractivity contribution in [2.24, 2.45) is 0 Å². The van der Waals surface area contributed by atoms with Gasteiger partial charge in [0.2, 0.25) is 10.0 Å². The number of aromatic nitrogens is 1. The third-order valence-corrected chi connectivity index (χ3v) is 5.67. The second-order valence-electron chi connectivity index (χ2n) is 7.68. The standard InChI is InChI=1S/C23H25N3O4S/c1-23(27,16-7-9-17(10-8-16)26-31(2,28)29)24-13-14-30-18-11-12-20-19-5-3-4-6-21(19)25-22(20)15-18/h3-12,15,24-27H,13-14H2,1-2H3/t23-/m1/s1. The highest BCUT2D eigenvalue weighted by Crippen LogP contribution is 2.28. The van der Waals surface area contributed by atoms with E-state index >= 15 is 0 Å². The smallest absolute Gasteiger partial charge is 0.229 e. The van der Waals surface area contributed by atoms with Crippen LogP contribution in [0.5, 0.6) is 5.75 Å². The number of aliphatic hydroxyl groups is 1. The minimum absolute atomic E-state index is 0.371. The molecule has 4 aromatic rings. The third kappa shape index (κ3) is 4.99. The van der Waals surface area contributed by atoms with Crippen molar-refractivity contribution < 1.29 is 18.3 Å². The van der Waals surface area contributed by atoms with Crippen LogP contribution in [0.3, 0.4) is 0 Å². The van der Waals surface area contributed by atoms with Crippen molar-refractivity contribution in [1.29, 1.82) is 0 Å². The van der Waals surface area contributed by atoms with Gasteiger partial charge in [0.1, 0.15) is 18.1 Å². The SMILES string of the molecule is C[C@](O)(NCCOc1ccc2c(c1)[nH]c1ccccc12)c1ccc(NS(C)(=O)=O)cc1. The van der Waals surface area contributed by atoms with Gasteiger partial charge in [0.25, 0.3) is 0 Å². The Morgan fingerprint density at radius 2 is 1.71 bits per heavy atom. The summed E-state index contributed by atoms with van der Waals surface area (Å²) in [6.45, 7) is 2.43. The summed E-state index contributed by atoms with van der Waals surface area (Å²) >= 11 is 0. The maximum absolute atomic E-state index is 11.3. The zero-order valence-electron chi connectivity index (χ0n) is 17.3. The van der Waals surface area contributed by atoms with Crippen molar-refractivity contribution in [3.05, 3.63) is 72.3 Å². The van der Waals surface area contributed by atoms with Gasteiger partial charge in [-0.2, -0.15) is 0 Å². The molecule has 0 bridgehead atoms. The minimum Gasteiger partial charge on any atom is -0.492 e. The van der Waals surface area contributed by atoms with E-state index in [4.69, 9.17) is 4.74 Å². The molecule has 0 saturated carbocycles. The van der Waals surface area contributed by atoms with E-state index < -0.39 is 15.7 Å². The molecule has 1 atom stereocenters. The highest BCUT2D eigenvalue weighted by atomic mass is 32.2. The molecule has 162 valence electrons. The van der Waals surface area contributed by atoms with Crippen LogP contribution in [0.1, 0.15) is 12.5 Å². The molecule has 0 radical (unpaired) electrons. The highest BCUT2D eigenvalue weighted by Gasteiger charge is 2.22. The van der Waals surface area contributed by atoms with Gasteiger partial charge in [-0.15, -0.1) is 0 Å². The molecule has 0 aliphatic rings. The van der Waals surface area contributed by atoms with Gasteiger partial charge in [-0.05, 0) is 42.8 Å². The number of aromatic amines is 1. The summed E-state index contributed by atoms with van der Waals surface area (Å²) in [6, 6.07) is 20.7. The summed E-state index contributed by atoms with van der Waals surface area (Å²) < 4.78 is 30.8. The van der Waals surface area contributed by atoms with Crippen LogP contribution < -0.4 is 14.8 Å². The molecule has 0 amide bonds. The Labute approximate surface area is 181 Å². The Bertz CT molecular complexity index is 1310. The molecule has 1 aromatic heterocycles. The number of hydrogen-bond donors (Lipinski definition) is 4. The van der Waals surface area contributed by atoms with E-state index in [0.717, 1.165) is 28.4 Å². The van der Waals surface area contributed by atoms with Gasteiger partial charge in [0.05, 0.1) is 11.8 Å². The topological polar surface area (TPSA) is 103 Å². The molecule has 0 saturated heterocycles. The molecular weight excluding hydrogens is 414 g/mol. The lowest BCUT2D eigenvalue weighted by Gasteiger charge is -2.25. The molecule has 4 N–H and O–H groups in total. The third-order valence-electron chi connectivity index (χ3n) is 5.07. The van der Waals surface area contributed by atoms with Crippen LogP contribution in [0, 0.1) is 0 Å². The molecule has 0 aliphatic carbocycles. The summed E-state index contributed by atoms with van der Waals surface area (Å²) in [4.78, 5) is 3.39. The van der Waals surface area contributed by atoms with E-state index in [1.54, 1.807) is 31.2 Å². The molecule has 3 aromatic carbocycles.